The summed E-state index contributed by atoms with van der Waals surface area (Å²) in [5.74, 6) is 1.58. The monoisotopic (exact) mass is 259 g/mol. The van der Waals surface area contributed by atoms with Gasteiger partial charge in [-0.3, -0.25) is 4.90 Å². The summed E-state index contributed by atoms with van der Waals surface area (Å²) in [6, 6.07) is 10.8. The summed E-state index contributed by atoms with van der Waals surface area (Å²) in [7, 11) is 0. The van der Waals surface area contributed by atoms with Crippen LogP contribution in [0.15, 0.2) is 30.3 Å². The fourth-order valence-corrected chi connectivity index (χ4v) is 3.88. The predicted molar refractivity (Wildman–Crippen MR) is 77.8 cm³/mol. The van der Waals surface area contributed by atoms with Gasteiger partial charge < -0.3 is 5.11 Å². The molecule has 2 aliphatic rings. The van der Waals surface area contributed by atoms with Crippen LogP contribution < -0.4 is 0 Å². The van der Waals surface area contributed by atoms with Gasteiger partial charge in [0.25, 0.3) is 0 Å². The van der Waals surface area contributed by atoms with E-state index in [1.54, 1.807) is 0 Å². The lowest BCUT2D eigenvalue weighted by Crippen LogP contribution is -2.34. The lowest BCUT2D eigenvalue weighted by molar-refractivity contribution is 0.0600. The highest BCUT2D eigenvalue weighted by atomic mass is 16.3. The number of nitrogens with zero attached hydrogens (tertiary/aromatic N) is 1. The highest BCUT2D eigenvalue weighted by Gasteiger charge is 2.32. The third-order valence-corrected chi connectivity index (χ3v) is 4.90. The number of likely N-dealkylation sites (tertiary alicyclic amines) is 1. The lowest BCUT2D eigenvalue weighted by atomic mass is 9.76. The minimum Gasteiger partial charge on any atom is -0.393 e. The molecule has 2 heteroatoms. The molecule has 19 heavy (non-hydrogen) atoms. The molecule has 1 aromatic carbocycles. The number of hydrogen-bond donors (Lipinski definition) is 1. The zero-order chi connectivity index (χ0) is 13.1. The molecule has 3 atom stereocenters. The van der Waals surface area contributed by atoms with Crippen LogP contribution in [0.2, 0.25) is 0 Å². The molecule has 1 saturated carbocycles. The molecule has 2 fully saturated rings. The standard InChI is InChI=1S/C17H25NO/c19-17-9-8-16-13-18(10-4-7-15(16)11-17)12-14-5-2-1-3-6-14/h1-3,5-6,15-17,19H,4,7-13H2. The van der Waals surface area contributed by atoms with Crippen molar-refractivity contribution in [3.05, 3.63) is 35.9 Å². The van der Waals surface area contributed by atoms with Gasteiger partial charge in [0.05, 0.1) is 6.10 Å². The van der Waals surface area contributed by atoms with E-state index in [4.69, 9.17) is 0 Å². The van der Waals surface area contributed by atoms with E-state index in [2.05, 4.69) is 35.2 Å². The summed E-state index contributed by atoms with van der Waals surface area (Å²) in [5, 5.41) is 9.83. The second kappa shape index (κ2) is 6.06. The number of rotatable bonds is 2. The molecule has 3 unspecified atom stereocenters. The number of hydrogen-bond acceptors (Lipinski definition) is 2. The Labute approximate surface area is 116 Å². The van der Waals surface area contributed by atoms with Gasteiger partial charge in [0, 0.05) is 13.1 Å². The Hall–Kier alpha value is -0.860. The molecule has 0 radical (unpaired) electrons. The molecule has 1 saturated heterocycles. The molecule has 1 aromatic rings. The molecular weight excluding hydrogens is 234 g/mol. The molecule has 0 bridgehead atoms. The topological polar surface area (TPSA) is 23.5 Å². The summed E-state index contributed by atoms with van der Waals surface area (Å²) in [4.78, 5) is 2.62. The fourth-order valence-electron chi connectivity index (χ4n) is 3.88. The molecule has 0 amide bonds. The van der Waals surface area contributed by atoms with Crippen LogP contribution in [0, 0.1) is 11.8 Å². The molecule has 3 rings (SSSR count). The average molecular weight is 259 g/mol. The summed E-state index contributed by atoms with van der Waals surface area (Å²) >= 11 is 0. The van der Waals surface area contributed by atoms with Crippen molar-refractivity contribution in [2.24, 2.45) is 11.8 Å². The molecule has 2 nitrogen and oxygen atoms in total. The van der Waals surface area contributed by atoms with Gasteiger partial charge in [-0.15, -0.1) is 0 Å². The molecule has 1 heterocycles. The maximum Gasteiger partial charge on any atom is 0.0543 e. The second-order valence-electron chi connectivity index (χ2n) is 6.35. The molecule has 1 aliphatic carbocycles. The van der Waals surface area contributed by atoms with Gasteiger partial charge in [0.15, 0.2) is 0 Å². The Morgan fingerprint density at radius 3 is 2.74 bits per heavy atom. The van der Waals surface area contributed by atoms with Crippen LogP contribution in [0.25, 0.3) is 0 Å². The second-order valence-corrected chi connectivity index (χ2v) is 6.35. The van der Waals surface area contributed by atoms with Crippen molar-refractivity contribution in [2.45, 2.75) is 44.8 Å². The Bertz CT molecular complexity index is 392. The average Bonchev–Trinajstić information content (AvgIpc) is 2.61. The van der Waals surface area contributed by atoms with Gasteiger partial charge in [0.1, 0.15) is 0 Å². The first-order valence-electron chi connectivity index (χ1n) is 7.75. The van der Waals surface area contributed by atoms with Gasteiger partial charge in [0.2, 0.25) is 0 Å². The quantitative estimate of drug-likeness (QED) is 0.882. The van der Waals surface area contributed by atoms with Gasteiger partial charge in [-0.1, -0.05) is 30.3 Å². The molecule has 1 N–H and O–H groups in total. The van der Waals surface area contributed by atoms with Gasteiger partial charge in [-0.2, -0.15) is 0 Å². The van der Waals surface area contributed by atoms with Gasteiger partial charge in [-0.25, -0.2) is 0 Å². The summed E-state index contributed by atoms with van der Waals surface area (Å²) in [6.45, 7) is 3.54. The van der Waals surface area contributed by atoms with E-state index in [9.17, 15) is 5.11 Å². The Balaban J connectivity index is 1.62. The van der Waals surface area contributed by atoms with E-state index in [-0.39, 0.29) is 6.10 Å². The maximum atomic E-state index is 9.83. The lowest BCUT2D eigenvalue weighted by Gasteiger charge is -2.34. The number of fused-ring (bicyclic) bond motifs is 1. The first-order valence-corrected chi connectivity index (χ1v) is 7.75. The SMILES string of the molecule is OC1CCC2CN(Cc3ccccc3)CCCC2C1. The third kappa shape index (κ3) is 3.37. The molecule has 0 spiro atoms. The third-order valence-electron chi connectivity index (χ3n) is 4.90. The highest BCUT2D eigenvalue weighted by molar-refractivity contribution is 5.14. The maximum absolute atomic E-state index is 9.83. The molecule has 104 valence electrons. The molecule has 1 aliphatic heterocycles. The minimum atomic E-state index is -0.0260. The van der Waals surface area contributed by atoms with Crippen molar-refractivity contribution in [1.29, 1.82) is 0 Å². The normalized spacial score (nSPS) is 32.6. The van der Waals surface area contributed by atoms with Crippen molar-refractivity contribution < 1.29 is 5.11 Å². The van der Waals surface area contributed by atoms with E-state index >= 15 is 0 Å². The van der Waals surface area contributed by atoms with Crippen molar-refractivity contribution in [3.8, 4) is 0 Å². The minimum absolute atomic E-state index is 0.0260. The smallest absolute Gasteiger partial charge is 0.0543 e. The zero-order valence-electron chi connectivity index (χ0n) is 11.7. The van der Waals surface area contributed by atoms with E-state index in [0.717, 1.165) is 31.2 Å². The van der Waals surface area contributed by atoms with Crippen LogP contribution in [-0.2, 0) is 6.54 Å². The van der Waals surface area contributed by atoms with Crippen molar-refractivity contribution in [1.82, 2.24) is 4.90 Å². The van der Waals surface area contributed by atoms with Crippen molar-refractivity contribution in [2.75, 3.05) is 13.1 Å². The highest BCUT2D eigenvalue weighted by Crippen LogP contribution is 2.36. The van der Waals surface area contributed by atoms with Gasteiger partial charge >= 0.3 is 0 Å². The van der Waals surface area contributed by atoms with Crippen molar-refractivity contribution >= 4 is 0 Å². The van der Waals surface area contributed by atoms with E-state index in [1.165, 1.54) is 37.9 Å². The Morgan fingerprint density at radius 1 is 1.05 bits per heavy atom. The predicted octanol–water partition coefficient (Wildman–Crippen LogP) is 3.06. The van der Waals surface area contributed by atoms with Crippen LogP contribution in [-0.4, -0.2) is 29.2 Å². The van der Waals surface area contributed by atoms with E-state index in [1.807, 2.05) is 0 Å². The van der Waals surface area contributed by atoms with Crippen LogP contribution >= 0.6 is 0 Å². The van der Waals surface area contributed by atoms with Crippen molar-refractivity contribution in [3.63, 3.8) is 0 Å². The summed E-state index contributed by atoms with van der Waals surface area (Å²) in [5.41, 5.74) is 1.43. The number of aliphatic hydroxyl groups is 1. The summed E-state index contributed by atoms with van der Waals surface area (Å²) < 4.78 is 0. The van der Waals surface area contributed by atoms with E-state index in [0.29, 0.717) is 0 Å². The largest absolute Gasteiger partial charge is 0.393 e. The number of aliphatic hydroxyl groups excluding tert-OH is 1. The number of benzene rings is 1. The Kier molecular flexibility index (Phi) is 4.19. The van der Waals surface area contributed by atoms with Crippen LogP contribution in [0.3, 0.4) is 0 Å². The van der Waals surface area contributed by atoms with E-state index < -0.39 is 0 Å². The molecular formula is C17H25NO. The Morgan fingerprint density at radius 2 is 1.89 bits per heavy atom. The fraction of sp³-hybridized carbons (Fsp3) is 0.647. The first-order chi connectivity index (χ1) is 9.31. The van der Waals surface area contributed by atoms with Crippen LogP contribution in [0.5, 0.6) is 0 Å². The first kappa shape index (κ1) is 13.1. The van der Waals surface area contributed by atoms with Crippen LogP contribution in [0.1, 0.15) is 37.7 Å². The van der Waals surface area contributed by atoms with Gasteiger partial charge in [-0.05, 0) is 56.0 Å². The molecule has 0 aromatic heterocycles. The van der Waals surface area contributed by atoms with Crippen LogP contribution in [0.4, 0.5) is 0 Å². The zero-order valence-corrected chi connectivity index (χ0v) is 11.7. The summed E-state index contributed by atoms with van der Waals surface area (Å²) in [6.07, 6.45) is 5.86.